The molecule has 1 amide bonds. The van der Waals surface area contributed by atoms with Crippen molar-refractivity contribution in [3.05, 3.63) is 95.9 Å². The first kappa shape index (κ1) is 20.9. The Bertz CT molecular complexity index is 858. The summed E-state index contributed by atoms with van der Waals surface area (Å²) in [6, 6.07) is 24.7. The average molecular weight is 390 g/mol. The Balaban J connectivity index is 1.53. The highest BCUT2D eigenvalue weighted by Gasteiger charge is 2.24. The lowest BCUT2D eigenvalue weighted by Gasteiger charge is -2.29. The standard InChI is InChI=1S/C26H31NO2/c1-3-26(2,22-13-8-5-9-14-22)18-19-27-25(28)17-16-23(24-15-10-20-29-24)21-11-6-4-7-12-21/h4-15,20,23H,3,16-19H2,1-2H3,(H,27,28). The molecule has 2 unspecified atom stereocenters. The zero-order chi connectivity index (χ0) is 20.5. The van der Waals surface area contributed by atoms with Gasteiger partial charge >= 0.3 is 0 Å². The summed E-state index contributed by atoms with van der Waals surface area (Å²) in [4.78, 5) is 12.5. The van der Waals surface area contributed by atoms with Crippen LogP contribution in [0.5, 0.6) is 0 Å². The fourth-order valence-electron chi connectivity index (χ4n) is 3.86. The van der Waals surface area contributed by atoms with Crippen molar-refractivity contribution in [1.82, 2.24) is 5.32 Å². The number of nitrogens with one attached hydrogen (secondary N) is 1. The van der Waals surface area contributed by atoms with Crippen LogP contribution in [0.15, 0.2) is 83.5 Å². The van der Waals surface area contributed by atoms with Crippen LogP contribution in [0, 0.1) is 0 Å². The smallest absolute Gasteiger partial charge is 0.220 e. The van der Waals surface area contributed by atoms with Crippen LogP contribution in [0.1, 0.15) is 62.3 Å². The molecule has 0 saturated heterocycles. The van der Waals surface area contributed by atoms with E-state index in [1.807, 2.05) is 36.4 Å². The van der Waals surface area contributed by atoms with Gasteiger partial charge in [0.25, 0.3) is 0 Å². The second kappa shape index (κ2) is 10.1. The minimum absolute atomic E-state index is 0.0787. The largest absolute Gasteiger partial charge is 0.469 e. The third kappa shape index (κ3) is 5.60. The minimum atomic E-state index is 0.0787. The highest BCUT2D eigenvalue weighted by Crippen LogP contribution is 2.31. The van der Waals surface area contributed by atoms with Crippen molar-refractivity contribution in [2.24, 2.45) is 0 Å². The Morgan fingerprint density at radius 2 is 1.69 bits per heavy atom. The number of carbonyl (C=O) groups excluding carboxylic acids is 1. The number of hydrogen-bond acceptors (Lipinski definition) is 2. The molecule has 3 aromatic rings. The summed E-state index contributed by atoms with van der Waals surface area (Å²) in [5, 5.41) is 3.12. The van der Waals surface area contributed by atoms with Crippen molar-refractivity contribution in [3.8, 4) is 0 Å². The normalized spacial score (nSPS) is 14.1. The highest BCUT2D eigenvalue weighted by atomic mass is 16.3. The summed E-state index contributed by atoms with van der Waals surface area (Å²) in [6.07, 6.45) is 4.88. The van der Waals surface area contributed by atoms with Gasteiger partial charge in [0, 0.05) is 18.9 Å². The molecule has 0 bridgehead atoms. The van der Waals surface area contributed by atoms with E-state index in [-0.39, 0.29) is 17.2 Å². The molecule has 3 heteroatoms. The molecule has 3 rings (SSSR count). The van der Waals surface area contributed by atoms with Gasteiger partial charge in [0.15, 0.2) is 0 Å². The minimum Gasteiger partial charge on any atom is -0.469 e. The van der Waals surface area contributed by atoms with Crippen LogP contribution in [0.3, 0.4) is 0 Å². The van der Waals surface area contributed by atoms with E-state index >= 15 is 0 Å². The van der Waals surface area contributed by atoms with Crippen LogP contribution in [0.4, 0.5) is 0 Å². The molecule has 0 fully saturated rings. The van der Waals surface area contributed by atoms with E-state index in [4.69, 9.17) is 4.42 Å². The zero-order valence-corrected chi connectivity index (χ0v) is 17.4. The van der Waals surface area contributed by atoms with E-state index < -0.39 is 0 Å². The molecule has 1 aromatic heterocycles. The third-order valence-electron chi connectivity index (χ3n) is 6.00. The van der Waals surface area contributed by atoms with Gasteiger partial charge in [0.05, 0.1) is 6.26 Å². The molecule has 2 atom stereocenters. The van der Waals surface area contributed by atoms with Gasteiger partial charge in [-0.05, 0) is 47.9 Å². The lowest BCUT2D eigenvalue weighted by Crippen LogP contribution is -2.31. The van der Waals surface area contributed by atoms with E-state index in [2.05, 4.69) is 55.6 Å². The fourth-order valence-corrected chi connectivity index (χ4v) is 3.86. The van der Waals surface area contributed by atoms with E-state index in [0.29, 0.717) is 13.0 Å². The molecule has 0 spiro atoms. The summed E-state index contributed by atoms with van der Waals surface area (Å²) in [7, 11) is 0. The van der Waals surface area contributed by atoms with Crippen LogP contribution in [0.25, 0.3) is 0 Å². The molecule has 0 radical (unpaired) electrons. The molecule has 1 heterocycles. The number of amides is 1. The Labute approximate surface area is 174 Å². The van der Waals surface area contributed by atoms with Crippen LogP contribution in [-0.2, 0) is 10.2 Å². The molecule has 2 aromatic carbocycles. The Morgan fingerprint density at radius 1 is 1.00 bits per heavy atom. The molecular weight excluding hydrogens is 358 g/mol. The number of rotatable bonds is 10. The summed E-state index contributed by atoms with van der Waals surface area (Å²) in [5.41, 5.74) is 2.59. The van der Waals surface area contributed by atoms with Crippen LogP contribution < -0.4 is 5.32 Å². The fraction of sp³-hybridized carbons (Fsp3) is 0.346. The topological polar surface area (TPSA) is 42.2 Å². The first-order valence-electron chi connectivity index (χ1n) is 10.5. The number of benzene rings is 2. The molecule has 0 saturated carbocycles. The first-order valence-corrected chi connectivity index (χ1v) is 10.5. The monoisotopic (exact) mass is 389 g/mol. The zero-order valence-electron chi connectivity index (χ0n) is 17.4. The lowest BCUT2D eigenvalue weighted by atomic mass is 9.77. The summed E-state index contributed by atoms with van der Waals surface area (Å²) < 4.78 is 5.64. The second-order valence-electron chi connectivity index (χ2n) is 7.90. The Kier molecular flexibility index (Phi) is 7.29. The van der Waals surface area contributed by atoms with E-state index in [9.17, 15) is 4.79 Å². The van der Waals surface area contributed by atoms with Crippen molar-refractivity contribution in [2.75, 3.05) is 6.54 Å². The SMILES string of the molecule is CCC(C)(CCNC(=O)CCC(c1ccccc1)c1ccco1)c1ccccc1. The van der Waals surface area contributed by atoms with Crippen LogP contribution >= 0.6 is 0 Å². The second-order valence-corrected chi connectivity index (χ2v) is 7.90. The molecule has 0 aliphatic rings. The molecule has 152 valence electrons. The predicted octanol–water partition coefficient (Wildman–Crippen LogP) is 6.07. The predicted molar refractivity (Wildman–Crippen MR) is 118 cm³/mol. The van der Waals surface area contributed by atoms with Gasteiger partial charge < -0.3 is 9.73 Å². The number of furan rings is 1. The van der Waals surface area contributed by atoms with Crippen molar-refractivity contribution >= 4 is 5.91 Å². The summed E-state index contributed by atoms with van der Waals surface area (Å²) >= 11 is 0. The van der Waals surface area contributed by atoms with Crippen molar-refractivity contribution < 1.29 is 9.21 Å². The van der Waals surface area contributed by atoms with Gasteiger partial charge in [-0.3, -0.25) is 4.79 Å². The number of carbonyl (C=O) groups is 1. The molecule has 3 nitrogen and oxygen atoms in total. The van der Waals surface area contributed by atoms with Gasteiger partial charge in [-0.15, -0.1) is 0 Å². The van der Waals surface area contributed by atoms with Crippen LogP contribution in [0.2, 0.25) is 0 Å². The highest BCUT2D eigenvalue weighted by molar-refractivity contribution is 5.76. The lowest BCUT2D eigenvalue weighted by molar-refractivity contribution is -0.121. The molecular formula is C26H31NO2. The quantitative estimate of drug-likeness (QED) is 0.457. The van der Waals surface area contributed by atoms with Gasteiger partial charge in [-0.2, -0.15) is 0 Å². The molecule has 0 aliphatic heterocycles. The number of hydrogen-bond donors (Lipinski definition) is 1. The first-order chi connectivity index (χ1) is 14.1. The molecule has 0 aliphatic carbocycles. The Morgan fingerprint density at radius 3 is 2.31 bits per heavy atom. The van der Waals surface area contributed by atoms with E-state index in [0.717, 1.165) is 25.0 Å². The van der Waals surface area contributed by atoms with Gasteiger partial charge in [0.1, 0.15) is 5.76 Å². The van der Waals surface area contributed by atoms with Crippen LogP contribution in [-0.4, -0.2) is 12.5 Å². The maximum Gasteiger partial charge on any atom is 0.220 e. The third-order valence-corrected chi connectivity index (χ3v) is 6.00. The molecule has 29 heavy (non-hydrogen) atoms. The van der Waals surface area contributed by atoms with Crippen molar-refractivity contribution in [2.45, 2.75) is 50.9 Å². The Hall–Kier alpha value is -2.81. The molecule has 1 N–H and O–H groups in total. The van der Waals surface area contributed by atoms with Gasteiger partial charge in [-0.1, -0.05) is 74.5 Å². The van der Waals surface area contributed by atoms with Crippen molar-refractivity contribution in [1.29, 1.82) is 0 Å². The summed E-state index contributed by atoms with van der Waals surface area (Å²) in [6.45, 7) is 5.17. The van der Waals surface area contributed by atoms with E-state index in [1.165, 1.54) is 11.1 Å². The maximum atomic E-state index is 12.5. The van der Waals surface area contributed by atoms with E-state index in [1.54, 1.807) is 6.26 Å². The summed E-state index contributed by atoms with van der Waals surface area (Å²) in [5.74, 6) is 1.11. The maximum absolute atomic E-state index is 12.5. The average Bonchev–Trinajstić information content (AvgIpc) is 3.30. The van der Waals surface area contributed by atoms with Gasteiger partial charge in [-0.25, -0.2) is 0 Å². The van der Waals surface area contributed by atoms with Gasteiger partial charge in [0.2, 0.25) is 5.91 Å². The van der Waals surface area contributed by atoms with Crippen molar-refractivity contribution in [3.63, 3.8) is 0 Å².